The van der Waals surface area contributed by atoms with Crippen LogP contribution in [0, 0.1) is 6.92 Å². The highest BCUT2D eigenvalue weighted by molar-refractivity contribution is 7.90. The largest absolute Gasteiger partial charge is 0.497 e. The Kier molecular flexibility index (Phi) is 7.17. The van der Waals surface area contributed by atoms with E-state index < -0.39 is 22.1 Å². The molecule has 2 amide bonds. The Balaban J connectivity index is 1.64. The molecule has 0 aliphatic heterocycles. The van der Waals surface area contributed by atoms with Gasteiger partial charge in [-0.3, -0.25) is 0 Å². The number of aryl methyl sites for hydroxylation is 1. The van der Waals surface area contributed by atoms with Crippen molar-refractivity contribution in [3.05, 3.63) is 108 Å². The fourth-order valence-electron chi connectivity index (χ4n) is 3.83. The maximum atomic E-state index is 12.9. The number of nitrogens with one attached hydrogen (secondary N) is 2. The number of benzene rings is 3. The van der Waals surface area contributed by atoms with Gasteiger partial charge in [-0.05, 0) is 42.7 Å². The number of hydrogen-bond acceptors (Lipinski definition) is 5. The highest BCUT2D eigenvalue weighted by atomic mass is 32.2. The van der Waals surface area contributed by atoms with Crippen LogP contribution in [0.5, 0.6) is 5.75 Å². The van der Waals surface area contributed by atoms with Crippen molar-refractivity contribution in [2.24, 2.45) is 0 Å². The third kappa shape index (κ3) is 5.70. The summed E-state index contributed by atoms with van der Waals surface area (Å²) in [5, 5.41) is 2.81. The molecule has 0 fully saturated rings. The molecule has 0 radical (unpaired) electrons. The number of amides is 2. The maximum Gasteiger partial charge on any atom is 0.329 e. The standard InChI is InChI=1S/C26H26N4O4S/c1-19-9-6-7-14-24(19)35(32,33)29-26(31)28-23(17-20-10-4-3-5-11-20)25-27-15-16-30(25)21-12-8-13-22(18-21)34-2/h3-16,18,23H,17H2,1-2H3,(H2,28,29,31)/t23-/m0/s1. The van der Waals surface area contributed by atoms with Gasteiger partial charge in [0.1, 0.15) is 11.6 Å². The molecule has 180 valence electrons. The molecular weight excluding hydrogens is 464 g/mol. The van der Waals surface area contributed by atoms with Crippen LogP contribution in [-0.4, -0.2) is 31.1 Å². The van der Waals surface area contributed by atoms with Crippen molar-refractivity contribution in [1.29, 1.82) is 0 Å². The molecule has 2 N–H and O–H groups in total. The van der Waals surface area contributed by atoms with Crippen LogP contribution in [0.3, 0.4) is 0 Å². The molecule has 1 aromatic heterocycles. The first kappa shape index (κ1) is 24.0. The van der Waals surface area contributed by atoms with Gasteiger partial charge in [-0.2, -0.15) is 0 Å². The summed E-state index contributed by atoms with van der Waals surface area (Å²) >= 11 is 0. The first-order chi connectivity index (χ1) is 16.9. The Labute approximate surface area is 204 Å². The summed E-state index contributed by atoms with van der Waals surface area (Å²) in [7, 11) is -2.46. The number of carbonyl (C=O) groups is 1. The molecular formula is C26H26N4O4S. The monoisotopic (exact) mass is 490 g/mol. The molecule has 1 heterocycles. The van der Waals surface area contributed by atoms with Crippen molar-refractivity contribution in [1.82, 2.24) is 19.6 Å². The molecule has 4 rings (SSSR count). The molecule has 35 heavy (non-hydrogen) atoms. The number of carbonyl (C=O) groups excluding carboxylic acids is 1. The lowest BCUT2D eigenvalue weighted by Gasteiger charge is -2.21. The zero-order chi connectivity index (χ0) is 24.8. The van der Waals surface area contributed by atoms with Crippen LogP contribution >= 0.6 is 0 Å². The lowest BCUT2D eigenvalue weighted by atomic mass is 10.1. The summed E-state index contributed by atoms with van der Waals surface area (Å²) in [6, 6.07) is 22.1. The van der Waals surface area contributed by atoms with E-state index in [2.05, 4.69) is 15.0 Å². The zero-order valence-electron chi connectivity index (χ0n) is 19.4. The predicted octanol–water partition coefficient (Wildman–Crippen LogP) is 4.16. The quantitative estimate of drug-likeness (QED) is 0.386. The molecule has 0 unspecified atom stereocenters. The van der Waals surface area contributed by atoms with Gasteiger partial charge < -0.3 is 14.6 Å². The van der Waals surface area contributed by atoms with Crippen LogP contribution in [0.15, 0.2) is 96.2 Å². The molecule has 4 aromatic rings. The minimum Gasteiger partial charge on any atom is -0.497 e. The van der Waals surface area contributed by atoms with Crippen molar-refractivity contribution < 1.29 is 17.9 Å². The van der Waals surface area contributed by atoms with E-state index in [9.17, 15) is 13.2 Å². The topological polar surface area (TPSA) is 102 Å². The molecule has 0 bridgehead atoms. The fraction of sp³-hybridized carbons (Fsp3) is 0.154. The second-order valence-corrected chi connectivity index (χ2v) is 9.59. The van der Waals surface area contributed by atoms with Crippen molar-refractivity contribution in [3.8, 4) is 11.4 Å². The minimum atomic E-state index is -4.05. The molecule has 9 heteroatoms. The molecule has 8 nitrogen and oxygen atoms in total. The molecule has 0 spiro atoms. The van der Waals surface area contributed by atoms with Crippen molar-refractivity contribution in [2.75, 3.05) is 7.11 Å². The third-order valence-electron chi connectivity index (χ3n) is 5.51. The maximum absolute atomic E-state index is 12.9. The number of nitrogens with zero attached hydrogens (tertiary/aromatic N) is 2. The summed E-state index contributed by atoms with van der Waals surface area (Å²) in [5.41, 5.74) is 2.30. The highest BCUT2D eigenvalue weighted by Crippen LogP contribution is 2.23. The molecule has 0 aliphatic carbocycles. The van der Waals surface area contributed by atoms with Crippen LogP contribution in [0.2, 0.25) is 0 Å². The highest BCUT2D eigenvalue weighted by Gasteiger charge is 2.25. The van der Waals surface area contributed by atoms with E-state index in [-0.39, 0.29) is 4.90 Å². The SMILES string of the molecule is COc1cccc(-n2ccnc2[C@H](Cc2ccccc2)NC(=O)NS(=O)(=O)c2ccccc2C)c1. The number of methoxy groups -OCH3 is 1. The van der Waals surface area contributed by atoms with Crippen LogP contribution in [0.1, 0.15) is 23.0 Å². The summed E-state index contributed by atoms with van der Waals surface area (Å²) < 4.78 is 35.0. The number of aromatic nitrogens is 2. The van der Waals surface area contributed by atoms with E-state index in [1.165, 1.54) is 6.07 Å². The van der Waals surface area contributed by atoms with Gasteiger partial charge in [0.15, 0.2) is 0 Å². The third-order valence-corrected chi connectivity index (χ3v) is 7.00. The Bertz CT molecular complexity index is 1420. The Morgan fingerprint density at radius 3 is 2.51 bits per heavy atom. The second-order valence-electron chi connectivity index (χ2n) is 7.94. The average molecular weight is 491 g/mol. The Morgan fingerprint density at radius 2 is 1.77 bits per heavy atom. The van der Waals surface area contributed by atoms with E-state index in [0.717, 1.165) is 11.3 Å². The lowest BCUT2D eigenvalue weighted by Crippen LogP contribution is -2.42. The summed E-state index contributed by atoms with van der Waals surface area (Å²) in [6.45, 7) is 1.68. The van der Waals surface area contributed by atoms with Gasteiger partial charge in [0.05, 0.1) is 23.7 Å². The summed E-state index contributed by atoms with van der Waals surface area (Å²) in [6.07, 6.45) is 3.82. The van der Waals surface area contributed by atoms with E-state index in [1.54, 1.807) is 44.6 Å². The van der Waals surface area contributed by atoms with Gasteiger partial charge in [0, 0.05) is 18.5 Å². The van der Waals surface area contributed by atoms with Gasteiger partial charge in [-0.1, -0.05) is 54.6 Å². The van der Waals surface area contributed by atoms with Gasteiger partial charge in [-0.15, -0.1) is 0 Å². The minimum absolute atomic E-state index is 0.0487. The van der Waals surface area contributed by atoms with E-state index in [1.807, 2.05) is 59.2 Å². The number of rotatable bonds is 8. The lowest BCUT2D eigenvalue weighted by molar-refractivity contribution is 0.241. The van der Waals surface area contributed by atoms with Crippen LogP contribution < -0.4 is 14.8 Å². The number of ether oxygens (including phenoxy) is 1. The first-order valence-electron chi connectivity index (χ1n) is 11.0. The Morgan fingerprint density at radius 1 is 1.03 bits per heavy atom. The van der Waals surface area contributed by atoms with Gasteiger partial charge in [0.25, 0.3) is 10.0 Å². The molecule has 1 atom stereocenters. The van der Waals surface area contributed by atoms with E-state index in [0.29, 0.717) is 23.6 Å². The molecule has 3 aromatic carbocycles. The van der Waals surface area contributed by atoms with E-state index >= 15 is 0 Å². The van der Waals surface area contributed by atoms with Gasteiger partial charge >= 0.3 is 6.03 Å². The predicted molar refractivity (Wildman–Crippen MR) is 133 cm³/mol. The van der Waals surface area contributed by atoms with Crippen molar-refractivity contribution >= 4 is 16.1 Å². The number of sulfonamides is 1. The van der Waals surface area contributed by atoms with Gasteiger partial charge in [-0.25, -0.2) is 22.9 Å². The van der Waals surface area contributed by atoms with Crippen LogP contribution in [-0.2, 0) is 16.4 Å². The smallest absolute Gasteiger partial charge is 0.329 e. The van der Waals surface area contributed by atoms with E-state index in [4.69, 9.17) is 4.74 Å². The first-order valence-corrected chi connectivity index (χ1v) is 12.5. The summed E-state index contributed by atoms with van der Waals surface area (Å²) in [4.78, 5) is 17.5. The van der Waals surface area contributed by atoms with Crippen LogP contribution in [0.25, 0.3) is 5.69 Å². The molecule has 0 saturated heterocycles. The molecule has 0 aliphatic rings. The number of imidazole rings is 1. The van der Waals surface area contributed by atoms with Crippen molar-refractivity contribution in [3.63, 3.8) is 0 Å². The molecule has 0 saturated carbocycles. The number of urea groups is 1. The van der Waals surface area contributed by atoms with Crippen LogP contribution in [0.4, 0.5) is 4.79 Å². The number of hydrogen-bond donors (Lipinski definition) is 2. The summed E-state index contributed by atoms with van der Waals surface area (Å²) in [5.74, 6) is 1.22. The zero-order valence-corrected chi connectivity index (χ0v) is 20.2. The second kappa shape index (κ2) is 10.4. The fourth-order valence-corrected chi connectivity index (χ4v) is 4.99. The average Bonchev–Trinajstić information content (AvgIpc) is 3.34. The van der Waals surface area contributed by atoms with Gasteiger partial charge in [0.2, 0.25) is 0 Å². The van der Waals surface area contributed by atoms with Crippen molar-refractivity contribution in [2.45, 2.75) is 24.3 Å². The normalized spacial score (nSPS) is 12.1. The Hall–Kier alpha value is -4.11.